The molecule has 17 heavy (non-hydrogen) atoms. The standard InChI is InChI=1S/C10H8ClN3O2.ClH/c11-6-1-3-7(4-2-6)16-10-8(12)9(15)13-5-14-10;/h1-5H,12H2,(H,13,14,15);1H. The SMILES string of the molecule is Cl.Nc1c(Oc2ccc(Cl)cc2)nc[nH]c1=O. The predicted octanol–water partition coefficient (Wildman–Crippen LogP) is 2.22. The van der Waals surface area contributed by atoms with Crippen molar-refractivity contribution < 1.29 is 4.74 Å². The zero-order valence-corrected chi connectivity index (χ0v) is 10.1. The molecule has 0 radical (unpaired) electrons. The highest BCUT2D eigenvalue weighted by molar-refractivity contribution is 6.30. The maximum atomic E-state index is 11.2. The molecule has 0 fully saturated rings. The molecule has 0 saturated carbocycles. The van der Waals surface area contributed by atoms with Crippen LogP contribution in [0.2, 0.25) is 5.02 Å². The molecule has 0 aliphatic rings. The van der Waals surface area contributed by atoms with Crippen LogP contribution in [0, 0.1) is 0 Å². The van der Waals surface area contributed by atoms with Crippen molar-refractivity contribution in [3.05, 3.63) is 46.0 Å². The lowest BCUT2D eigenvalue weighted by Crippen LogP contribution is -2.13. The van der Waals surface area contributed by atoms with E-state index in [4.69, 9.17) is 22.1 Å². The van der Waals surface area contributed by atoms with Crippen molar-refractivity contribution in [3.8, 4) is 11.6 Å². The fourth-order valence-corrected chi connectivity index (χ4v) is 1.22. The zero-order valence-electron chi connectivity index (χ0n) is 8.51. The fraction of sp³-hybridized carbons (Fsp3) is 0. The number of aromatic nitrogens is 2. The molecule has 1 aromatic heterocycles. The Morgan fingerprint density at radius 3 is 2.59 bits per heavy atom. The molecule has 1 heterocycles. The Balaban J connectivity index is 0.00000144. The van der Waals surface area contributed by atoms with Gasteiger partial charge in [-0.1, -0.05) is 11.6 Å². The number of nitrogens with one attached hydrogen (secondary N) is 1. The summed E-state index contributed by atoms with van der Waals surface area (Å²) >= 11 is 5.72. The number of nitrogens with two attached hydrogens (primary N) is 1. The molecular formula is C10H9Cl2N3O2. The molecule has 3 N–H and O–H groups in total. The Morgan fingerprint density at radius 1 is 1.29 bits per heavy atom. The molecule has 0 aliphatic heterocycles. The van der Waals surface area contributed by atoms with Crippen molar-refractivity contribution >= 4 is 29.7 Å². The van der Waals surface area contributed by atoms with E-state index in [1.807, 2.05) is 0 Å². The maximum Gasteiger partial charge on any atom is 0.277 e. The molecule has 0 spiro atoms. The van der Waals surface area contributed by atoms with Crippen LogP contribution in [0.1, 0.15) is 0 Å². The van der Waals surface area contributed by atoms with E-state index in [9.17, 15) is 4.79 Å². The van der Waals surface area contributed by atoms with Gasteiger partial charge in [-0.25, -0.2) is 4.98 Å². The minimum absolute atomic E-state index is 0. The van der Waals surface area contributed by atoms with Crippen LogP contribution in [-0.4, -0.2) is 9.97 Å². The summed E-state index contributed by atoms with van der Waals surface area (Å²) in [6.07, 6.45) is 1.23. The lowest BCUT2D eigenvalue weighted by Gasteiger charge is -2.05. The Morgan fingerprint density at radius 2 is 1.94 bits per heavy atom. The molecule has 1 aromatic carbocycles. The van der Waals surface area contributed by atoms with Gasteiger partial charge in [0.1, 0.15) is 5.75 Å². The summed E-state index contributed by atoms with van der Waals surface area (Å²) in [7, 11) is 0. The molecule has 0 bridgehead atoms. The normalized spacial score (nSPS) is 9.47. The number of halogens is 2. The van der Waals surface area contributed by atoms with Crippen molar-refractivity contribution in [1.82, 2.24) is 9.97 Å². The summed E-state index contributed by atoms with van der Waals surface area (Å²) in [5, 5.41) is 0.596. The van der Waals surface area contributed by atoms with Gasteiger partial charge >= 0.3 is 0 Å². The smallest absolute Gasteiger partial charge is 0.277 e. The average molecular weight is 274 g/mol. The van der Waals surface area contributed by atoms with E-state index in [0.29, 0.717) is 10.8 Å². The molecular weight excluding hydrogens is 265 g/mol. The lowest BCUT2D eigenvalue weighted by molar-refractivity contribution is 0.463. The first-order valence-electron chi connectivity index (χ1n) is 4.43. The highest BCUT2D eigenvalue weighted by Crippen LogP contribution is 2.23. The summed E-state index contributed by atoms with van der Waals surface area (Å²) in [4.78, 5) is 17.3. The quantitative estimate of drug-likeness (QED) is 0.879. The van der Waals surface area contributed by atoms with Gasteiger partial charge in [-0.2, -0.15) is 0 Å². The Bertz CT molecular complexity index is 554. The molecule has 90 valence electrons. The van der Waals surface area contributed by atoms with E-state index in [-0.39, 0.29) is 24.0 Å². The third-order valence-corrected chi connectivity index (χ3v) is 2.13. The number of H-pyrrole nitrogens is 1. The number of benzene rings is 1. The van der Waals surface area contributed by atoms with Gasteiger partial charge in [0, 0.05) is 5.02 Å². The second kappa shape index (κ2) is 5.56. The number of aromatic amines is 1. The highest BCUT2D eigenvalue weighted by atomic mass is 35.5. The van der Waals surface area contributed by atoms with Crippen LogP contribution in [0.25, 0.3) is 0 Å². The fourth-order valence-electron chi connectivity index (χ4n) is 1.09. The van der Waals surface area contributed by atoms with Crippen LogP contribution < -0.4 is 16.0 Å². The van der Waals surface area contributed by atoms with Gasteiger partial charge in [0.25, 0.3) is 5.56 Å². The molecule has 0 aliphatic carbocycles. The second-order valence-electron chi connectivity index (χ2n) is 3.01. The van der Waals surface area contributed by atoms with Crippen LogP contribution in [0.15, 0.2) is 35.4 Å². The van der Waals surface area contributed by atoms with E-state index >= 15 is 0 Å². The van der Waals surface area contributed by atoms with E-state index in [1.165, 1.54) is 6.33 Å². The molecule has 7 heteroatoms. The van der Waals surface area contributed by atoms with Crippen LogP contribution in [0.5, 0.6) is 11.6 Å². The van der Waals surface area contributed by atoms with Crippen LogP contribution in [0.3, 0.4) is 0 Å². The van der Waals surface area contributed by atoms with Gasteiger partial charge in [-0.05, 0) is 24.3 Å². The largest absolute Gasteiger partial charge is 0.437 e. The molecule has 0 amide bonds. The van der Waals surface area contributed by atoms with E-state index in [2.05, 4.69) is 9.97 Å². The summed E-state index contributed by atoms with van der Waals surface area (Å²) in [5.41, 5.74) is 5.01. The van der Waals surface area contributed by atoms with E-state index in [0.717, 1.165) is 0 Å². The minimum atomic E-state index is -0.432. The van der Waals surface area contributed by atoms with Gasteiger partial charge in [0.05, 0.1) is 6.33 Å². The summed E-state index contributed by atoms with van der Waals surface area (Å²) in [5.74, 6) is 0.584. The van der Waals surface area contributed by atoms with Crippen molar-refractivity contribution in [2.24, 2.45) is 0 Å². The molecule has 0 unspecified atom stereocenters. The summed E-state index contributed by atoms with van der Waals surface area (Å²) in [6.45, 7) is 0. The number of hydrogen-bond acceptors (Lipinski definition) is 4. The van der Waals surface area contributed by atoms with Gasteiger partial charge in [-0.3, -0.25) is 4.79 Å². The van der Waals surface area contributed by atoms with Crippen molar-refractivity contribution in [2.75, 3.05) is 5.73 Å². The molecule has 2 rings (SSSR count). The summed E-state index contributed by atoms with van der Waals surface area (Å²) < 4.78 is 5.33. The number of hydrogen-bond donors (Lipinski definition) is 2. The first kappa shape index (κ1) is 13.3. The first-order chi connectivity index (χ1) is 7.66. The number of rotatable bonds is 2. The Hall–Kier alpha value is -1.72. The Kier molecular flexibility index (Phi) is 4.37. The number of anilines is 1. The average Bonchev–Trinajstić information content (AvgIpc) is 2.28. The Labute approximate surface area is 108 Å². The zero-order chi connectivity index (χ0) is 11.5. The highest BCUT2D eigenvalue weighted by Gasteiger charge is 2.06. The predicted molar refractivity (Wildman–Crippen MR) is 68.0 cm³/mol. The number of ether oxygens (including phenoxy) is 1. The lowest BCUT2D eigenvalue weighted by atomic mass is 10.3. The van der Waals surface area contributed by atoms with Crippen LogP contribution in [-0.2, 0) is 0 Å². The molecule has 0 atom stereocenters. The molecule has 2 aromatic rings. The van der Waals surface area contributed by atoms with Crippen LogP contribution >= 0.6 is 24.0 Å². The number of nitrogens with zero attached hydrogens (tertiary/aromatic N) is 1. The van der Waals surface area contributed by atoms with E-state index in [1.54, 1.807) is 24.3 Å². The van der Waals surface area contributed by atoms with E-state index < -0.39 is 5.56 Å². The topological polar surface area (TPSA) is 81.0 Å². The minimum Gasteiger partial charge on any atom is -0.437 e. The third-order valence-electron chi connectivity index (χ3n) is 1.88. The third kappa shape index (κ3) is 3.12. The van der Waals surface area contributed by atoms with Crippen molar-refractivity contribution in [2.45, 2.75) is 0 Å². The maximum absolute atomic E-state index is 11.2. The summed E-state index contributed by atoms with van der Waals surface area (Å²) in [6, 6.07) is 6.65. The van der Waals surface area contributed by atoms with Crippen molar-refractivity contribution in [1.29, 1.82) is 0 Å². The van der Waals surface area contributed by atoms with Gasteiger partial charge in [-0.15, -0.1) is 12.4 Å². The first-order valence-corrected chi connectivity index (χ1v) is 4.81. The molecule has 0 saturated heterocycles. The van der Waals surface area contributed by atoms with Crippen LogP contribution in [0.4, 0.5) is 5.69 Å². The van der Waals surface area contributed by atoms with Gasteiger partial charge in [0.2, 0.25) is 5.88 Å². The van der Waals surface area contributed by atoms with Gasteiger partial charge in [0.15, 0.2) is 5.69 Å². The van der Waals surface area contributed by atoms with Crippen molar-refractivity contribution in [3.63, 3.8) is 0 Å². The number of nitrogen functional groups attached to an aromatic ring is 1. The van der Waals surface area contributed by atoms with Gasteiger partial charge < -0.3 is 15.5 Å². The second-order valence-corrected chi connectivity index (χ2v) is 3.44. The molecule has 5 nitrogen and oxygen atoms in total. The monoisotopic (exact) mass is 273 g/mol.